The number of piperazine rings is 1. The van der Waals surface area contributed by atoms with Gasteiger partial charge in [0.05, 0.1) is 5.41 Å². The van der Waals surface area contributed by atoms with E-state index in [1.54, 1.807) is 17.0 Å². The smallest absolute Gasteiger partial charge is 0.317 e. The van der Waals surface area contributed by atoms with Crippen LogP contribution >= 0.6 is 11.6 Å². The summed E-state index contributed by atoms with van der Waals surface area (Å²) in [6, 6.07) is 6.24. The maximum atomic E-state index is 13.3. The monoisotopic (exact) mass is 510 g/mol. The van der Waals surface area contributed by atoms with Crippen molar-refractivity contribution in [3.05, 3.63) is 35.6 Å². The first-order valence-corrected chi connectivity index (χ1v) is 13.6. The minimum Gasteiger partial charge on any atom is -0.340 e. The van der Waals surface area contributed by atoms with Gasteiger partial charge in [-0.25, -0.2) is 9.18 Å². The van der Waals surface area contributed by atoms with E-state index in [1.807, 2.05) is 18.7 Å². The van der Waals surface area contributed by atoms with Crippen LogP contribution in [-0.4, -0.2) is 78.3 Å². The highest BCUT2D eigenvalue weighted by atomic mass is 35.5. The van der Waals surface area contributed by atoms with Gasteiger partial charge in [0.15, 0.2) is 0 Å². The number of nitrogens with zero attached hydrogens (tertiary/aromatic N) is 3. The van der Waals surface area contributed by atoms with E-state index in [2.05, 4.69) is 17.1 Å². The van der Waals surface area contributed by atoms with Gasteiger partial charge < -0.3 is 15.1 Å². The van der Waals surface area contributed by atoms with Gasteiger partial charge in [-0.3, -0.25) is 9.69 Å². The highest BCUT2D eigenvalue weighted by Gasteiger charge is 2.33. The fourth-order valence-electron chi connectivity index (χ4n) is 4.20. The number of amides is 3. The molecule has 198 valence electrons. The van der Waals surface area contributed by atoms with Crippen molar-refractivity contribution in [1.82, 2.24) is 20.0 Å². The summed E-state index contributed by atoms with van der Waals surface area (Å²) in [5.74, 6) is 0.120. The molecule has 0 saturated carbocycles. The molecule has 0 bridgehead atoms. The highest BCUT2D eigenvalue weighted by molar-refractivity contribution is 6.19. The van der Waals surface area contributed by atoms with Crippen LogP contribution in [0.15, 0.2) is 24.3 Å². The van der Waals surface area contributed by atoms with Crippen LogP contribution in [0.5, 0.6) is 0 Å². The first-order chi connectivity index (χ1) is 16.8. The number of halogens is 2. The van der Waals surface area contributed by atoms with Crippen LogP contribution < -0.4 is 5.32 Å². The molecule has 0 atom stereocenters. The van der Waals surface area contributed by atoms with Crippen LogP contribution in [0.25, 0.3) is 0 Å². The summed E-state index contributed by atoms with van der Waals surface area (Å²) in [7, 11) is 0. The summed E-state index contributed by atoms with van der Waals surface area (Å²) >= 11 is 5.98. The lowest BCUT2D eigenvalue weighted by Crippen LogP contribution is -2.54. The molecule has 1 saturated heterocycles. The highest BCUT2D eigenvalue weighted by Crippen LogP contribution is 2.21. The number of alkyl halides is 1. The zero-order chi connectivity index (χ0) is 25.7. The third-order valence-electron chi connectivity index (χ3n) is 6.64. The van der Waals surface area contributed by atoms with Crippen LogP contribution in [-0.2, 0) is 11.3 Å². The molecule has 0 aromatic heterocycles. The lowest BCUT2D eigenvalue weighted by Gasteiger charge is -2.38. The average molecular weight is 511 g/mol. The maximum Gasteiger partial charge on any atom is 0.317 e. The van der Waals surface area contributed by atoms with E-state index < -0.39 is 5.41 Å². The van der Waals surface area contributed by atoms with Gasteiger partial charge in [-0.1, -0.05) is 51.2 Å². The third kappa shape index (κ3) is 10.3. The van der Waals surface area contributed by atoms with Crippen molar-refractivity contribution in [3.8, 4) is 0 Å². The van der Waals surface area contributed by atoms with Gasteiger partial charge in [-0.2, -0.15) is 0 Å². The van der Waals surface area contributed by atoms with Gasteiger partial charge in [0.25, 0.3) is 0 Å². The van der Waals surface area contributed by atoms with E-state index in [4.69, 9.17) is 11.6 Å². The van der Waals surface area contributed by atoms with E-state index in [9.17, 15) is 14.0 Å². The number of rotatable bonds is 14. The summed E-state index contributed by atoms with van der Waals surface area (Å²) in [6.45, 7) is 11.3. The van der Waals surface area contributed by atoms with Crippen molar-refractivity contribution in [1.29, 1.82) is 0 Å². The number of hydrogen-bond donors (Lipinski definition) is 1. The Hall–Kier alpha value is -1.86. The van der Waals surface area contributed by atoms with E-state index >= 15 is 0 Å². The van der Waals surface area contributed by atoms with E-state index in [0.717, 1.165) is 38.0 Å². The second-order valence-corrected chi connectivity index (χ2v) is 10.5. The first-order valence-electron chi connectivity index (χ1n) is 13.1. The van der Waals surface area contributed by atoms with Crippen LogP contribution in [0.2, 0.25) is 0 Å². The summed E-state index contributed by atoms with van der Waals surface area (Å²) in [5.41, 5.74) is 0.351. The van der Waals surface area contributed by atoms with Crippen molar-refractivity contribution < 1.29 is 14.0 Å². The topological polar surface area (TPSA) is 55.9 Å². The van der Waals surface area contributed by atoms with E-state index in [1.165, 1.54) is 37.8 Å². The molecule has 3 amide bonds. The molecule has 1 aromatic rings. The van der Waals surface area contributed by atoms with E-state index in [-0.39, 0.29) is 17.8 Å². The number of hydrogen-bond acceptors (Lipinski definition) is 3. The Kier molecular flexibility index (Phi) is 12.8. The zero-order valence-corrected chi connectivity index (χ0v) is 22.6. The Morgan fingerprint density at radius 3 is 2.29 bits per heavy atom. The van der Waals surface area contributed by atoms with Gasteiger partial charge in [-0.15, -0.1) is 11.6 Å². The molecule has 0 unspecified atom stereocenters. The predicted octanol–water partition coefficient (Wildman–Crippen LogP) is 5.11. The molecule has 0 spiro atoms. The molecule has 1 fully saturated rings. The van der Waals surface area contributed by atoms with Gasteiger partial charge in [0, 0.05) is 58.2 Å². The first kappa shape index (κ1) is 29.4. The molecule has 0 aliphatic carbocycles. The summed E-state index contributed by atoms with van der Waals surface area (Å²) in [4.78, 5) is 31.6. The van der Waals surface area contributed by atoms with Gasteiger partial charge in [0.1, 0.15) is 5.82 Å². The van der Waals surface area contributed by atoms with Gasteiger partial charge in [0.2, 0.25) is 5.91 Å². The largest absolute Gasteiger partial charge is 0.340 e. The van der Waals surface area contributed by atoms with Crippen molar-refractivity contribution in [2.24, 2.45) is 5.41 Å². The van der Waals surface area contributed by atoms with E-state index in [0.29, 0.717) is 38.6 Å². The Balaban J connectivity index is 1.85. The van der Waals surface area contributed by atoms with Crippen LogP contribution in [0.3, 0.4) is 0 Å². The molecular weight excluding hydrogens is 467 g/mol. The van der Waals surface area contributed by atoms with Crippen molar-refractivity contribution in [3.63, 3.8) is 0 Å². The average Bonchev–Trinajstić information content (AvgIpc) is 2.86. The second kappa shape index (κ2) is 15.3. The number of carbonyl (C=O) groups excluding carboxylic acids is 2. The lowest BCUT2D eigenvalue weighted by molar-refractivity contribution is -0.141. The Morgan fingerprint density at radius 2 is 1.66 bits per heavy atom. The number of carbonyl (C=O) groups is 2. The molecule has 8 heteroatoms. The molecule has 0 radical (unpaired) electrons. The van der Waals surface area contributed by atoms with Crippen molar-refractivity contribution >= 4 is 23.5 Å². The Morgan fingerprint density at radius 1 is 1.03 bits per heavy atom. The molecular formula is C27H44ClFN4O2. The van der Waals surface area contributed by atoms with Crippen LogP contribution in [0, 0.1) is 11.2 Å². The molecule has 1 N–H and O–H groups in total. The molecule has 1 aliphatic rings. The summed E-state index contributed by atoms with van der Waals surface area (Å²) in [6.07, 6.45) is 7.07. The molecule has 6 nitrogen and oxygen atoms in total. The van der Waals surface area contributed by atoms with Gasteiger partial charge in [-0.05, 0) is 38.0 Å². The minimum absolute atomic E-state index is 0.0828. The summed E-state index contributed by atoms with van der Waals surface area (Å²) < 4.78 is 13.3. The molecule has 1 heterocycles. The van der Waals surface area contributed by atoms with Crippen molar-refractivity contribution in [2.75, 3.05) is 51.7 Å². The molecule has 1 aromatic carbocycles. The second-order valence-electron chi connectivity index (χ2n) is 10.2. The minimum atomic E-state index is -0.552. The Labute approximate surface area is 216 Å². The fourth-order valence-corrected chi connectivity index (χ4v) is 4.31. The number of unbranched alkanes of at least 4 members (excludes halogenated alkanes) is 5. The predicted molar refractivity (Wildman–Crippen MR) is 141 cm³/mol. The normalized spacial score (nSPS) is 14.7. The zero-order valence-electron chi connectivity index (χ0n) is 21.8. The SMILES string of the molecule is CCCCCCCCNC(=O)N(CCN1CCN(C(=O)C(C)(C)CCl)CC1)Cc1ccc(F)cc1. The van der Waals surface area contributed by atoms with Crippen molar-refractivity contribution in [2.45, 2.75) is 65.8 Å². The molecule has 2 rings (SSSR count). The number of urea groups is 1. The standard InChI is InChI=1S/C27H44ClFN4O2/c1-4-5-6-7-8-9-14-30-26(35)33(21-23-10-12-24(29)13-11-23)20-17-31-15-18-32(19-16-31)25(34)27(2,3)22-28/h10-13H,4-9,14-22H2,1-3H3,(H,30,35). The maximum absolute atomic E-state index is 13.3. The van der Waals surface area contributed by atoms with Crippen LogP contribution in [0.1, 0.15) is 64.9 Å². The molecule has 1 aliphatic heterocycles. The third-order valence-corrected chi connectivity index (χ3v) is 7.31. The molecule has 35 heavy (non-hydrogen) atoms. The van der Waals surface area contributed by atoms with Gasteiger partial charge >= 0.3 is 6.03 Å². The number of nitrogens with one attached hydrogen (secondary N) is 1. The number of benzene rings is 1. The quantitative estimate of drug-likeness (QED) is 0.279. The summed E-state index contributed by atoms with van der Waals surface area (Å²) in [5, 5.41) is 3.07. The van der Waals surface area contributed by atoms with Crippen LogP contribution in [0.4, 0.5) is 9.18 Å². The lowest BCUT2D eigenvalue weighted by atomic mass is 9.94. The fraction of sp³-hybridized carbons (Fsp3) is 0.704. The Bertz CT molecular complexity index is 767.